The molecular formula is C18H19N3O5S. The van der Waals surface area contributed by atoms with E-state index in [0.717, 1.165) is 11.3 Å². The van der Waals surface area contributed by atoms with E-state index < -0.39 is 16.3 Å². The molecule has 4 rings (SSSR count). The summed E-state index contributed by atoms with van der Waals surface area (Å²) in [5.41, 5.74) is 2.31. The van der Waals surface area contributed by atoms with Gasteiger partial charge in [-0.1, -0.05) is 30.3 Å². The van der Waals surface area contributed by atoms with E-state index in [1.807, 2.05) is 30.3 Å². The predicted molar refractivity (Wildman–Crippen MR) is 100 cm³/mol. The average Bonchev–Trinajstić information content (AvgIpc) is 3.10. The normalized spacial score (nSPS) is 16.5. The van der Waals surface area contributed by atoms with Crippen LogP contribution in [0.4, 0.5) is 16.2 Å². The number of carbonyl (C=O) groups is 1. The Hall–Kier alpha value is -2.94. The van der Waals surface area contributed by atoms with E-state index >= 15 is 0 Å². The molecule has 1 saturated heterocycles. The third kappa shape index (κ3) is 3.63. The highest BCUT2D eigenvalue weighted by Crippen LogP contribution is 2.35. The van der Waals surface area contributed by atoms with E-state index in [9.17, 15) is 13.2 Å². The van der Waals surface area contributed by atoms with Crippen molar-refractivity contribution in [3.8, 4) is 5.75 Å². The second kappa shape index (κ2) is 6.99. The average molecular weight is 389 g/mol. The Bertz CT molecular complexity index is 949. The van der Waals surface area contributed by atoms with Crippen molar-refractivity contribution in [2.45, 2.75) is 6.54 Å². The number of rotatable bonds is 5. The van der Waals surface area contributed by atoms with Crippen LogP contribution in [-0.2, 0) is 21.5 Å². The molecule has 1 amide bonds. The summed E-state index contributed by atoms with van der Waals surface area (Å²) in [5.74, 6) is 0.695. The number of carbonyl (C=O) groups excluding carboxylic acids is 1. The van der Waals surface area contributed by atoms with Crippen LogP contribution >= 0.6 is 0 Å². The zero-order chi connectivity index (χ0) is 18.9. The number of ether oxygens (including phenoxy) is 2. The van der Waals surface area contributed by atoms with E-state index in [0.29, 0.717) is 35.4 Å². The Kier molecular flexibility index (Phi) is 4.53. The van der Waals surface area contributed by atoms with Gasteiger partial charge in [0.1, 0.15) is 19.0 Å². The lowest BCUT2D eigenvalue weighted by Gasteiger charge is -2.32. The van der Waals surface area contributed by atoms with Crippen LogP contribution in [0.2, 0.25) is 0 Å². The molecule has 0 radical (unpaired) electrons. The first kappa shape index (κ1) is 17.5. The molecule has 1 N–H and O–H groups in total. The first-order valence-corrected chi connectivity index (χ1v) is 10.00. The summed E-state index contributed by atoms with van der Waals surface area (Å²) < 4.78 is 38.4. The minimum absolute atomic E-state index is 0.00233. The van der Waals surface area contributed by atoms with Gasteiger partial charge in [-0.05, 0) is 23.8 Å². The van der Waals surface area contributed by atoms with Crippen LogP contribution in [0.1, 0.15) is 5.56 Å². The topological polar surface area (TPSA) is 88.2 Å². The van der Waals surface area contributed by atoms with E-state index in [-0.39, 0.29) is 13.2 Å². The van der Waals surface area contributed by atoms with Gasteiger partial charge < -0.3 is 14.4 Å². The van der Waals surface area contributed by atoms with Gasteiger partial charge in [-0.3, -0.25) is 4.72 Å². The Morgan fingerprint density at radius 1 is 1.00 bits per heavy atom. The summed E-state index contributed by atoms with van der Waals surface area (Å²) >= 11 is 0. The number of fused-ring (bicyclic) bond motifs is 1. The summed E-state index contributed by atoms with van der Waals surface area (Å²) in [5, 5.41) is 0. The van der Waals surface area contributed by atoms with E-state index in [1.165, 1.54) is 0 Å². The molecule has 2 aromatic rings. The molecule has 9 heteroatoms. The van der Waals surface area contributed by atoms with Gasteiger partial charge >= 0.3 is 16.3 Å². The highest BCUT2D eigenvalue weighted by atomic mass is 32.2. The van der Waals surface area contributed by atoms with Gasteiger partial charge in [0.25, 0.3) is 0 Å². The van der Waals surface area contributed by atoms with Gasteiger partial charge in [0.15, 0.2) is 0 Å². The third-order valence-corrected chi connectivity index (χ3v) is 5.80. The number of hydrogen-bond donors (Lipinski definition) is 1. The molecule has 2 aliphatic heterocycles. The SMILES string of the molecule is O=C1OCCN1S(=O)(=O)Nc1ccc2c(c1)N(Cc1ccccc1)CCO2. The molecule has 142 valence electrons. The maximum atomic E-state index is 12.4. The van der Waals surface area contributed by atoms with Crippen LogP contribution < -0.4 is 14.4 Å². The smallest absolute Gasteiger partial charge is 0.425 e. The van der Waals surface area contributed by atoms with Crippen molar-refractivity contribution in [3.05, 3.63) is 54.1 Å². The van der Waals surface area contributed by atoms with Crippen molar-refractivity contribution >= 4 is 27.7 Å². The van der Waals surface area contributed by atoms with Crippen LogP contribution in [-0.4, -0.2) is 45.1 Å². The van der Waals surface area contributed by atoms with Crippen molar-refractivity contribution in [1.29, 1.82) is 0 Å². The zero-order valence-electron chi connectivity index (χ0n) is 14.5. The second-order valence-electron chi connectivity index (χ2n) is 6.23. The Morgan fingerprint density at radius 3 is 2.52 bits per heavy atom. The van der Waals surface area contributed by atoms with Crippen molar-refractivity contribution in [3.63, 3.8) is 0 Å². The van der Waals surface area contributed by atoms with Gasteiger partial charge in [-0.2, -0.15) is 12.7 Å². The standard InChI is InChI=1S/C18H19N3O5S/c22-18-21(9-11-26-18)27(23,24)19-15-6-7-17-16(12-15)20(8-10-25-17)13-14-4-2-1-3-5-14/h1-7,12,19H,8-11,13H2. The van der Waals surface area contributed by atoms with Crippen LogP contribution in [0.25, 0.3) is 0 Å². The van der Waals surface area contributed by atoms with Crippen LogP contribution in [0.3, 0.4) is 0 Å². The molecule has 0 saturated carbocycles. The maximum absolute atomic E-state index is 12.4. The molecule has 27 heavy (non-hydrogen) atoms. The number of nitrogens with zero attached hydrogens (tertiary/aromatic N) is 2. The summed E-state index contributed by atoms with van der Waals surface area (Å²) in [4.78, 5) is 13.7. The van der Waals surface area contributed by atoms with Gasteiger partial charge in [-0.25, -0.2) is 4.79 Å². The monoisotopic (exact) mass is 389 g/mol. The number of nitrogens with one attached hydrogen (secondary N) is 1. The van der Waals surface area contributed by atoms with E-state index in [1.54, 1.807) is 18.2 Å². The third-order valence-electron chi connectivity index (χ3n) is 4.40. The highest BCUT2D eigenvalue weighted by Gasteiger charge is 2.33. The number of benzene rings is 2. The fourth-order valence-electron chi connectivity index (χ4n) is 3.11. The highest BCUT2D eigenvalue weighted by molar-refractivity contribution is 7.90. The second-order valence-corrected chi connectivity index (χ2v) is 7.83. The molecule has 0 bridgehead atoms. The molecule has 0 aromatic heterocycles. The van der Waals surface area contributed by atoms with Crippen molar-refractivity contribution in [2.24, 2.45) is 0 Å². The van der Waals surface area contributed by atoms with Crippen LogP contribution in [0, 0.1) is 0 Å². The summed E-state index contributed by atoms with van der Waals surface area (Å²) in [6.45, 7) is 2.00. The minimum atomic E-state index is -4.02. The van der Waals surface area contributed by atoms with Gasteiger partial charge in [0, 0.05) is 6.54 Å². The number of amides is 1. The minimum Gasteiger partial charge on any atom is -0.490 e. The molecule has 8 nitrogen and oxygen atoms in total. The van der Waals surface area contributed by atoms with E-state index in [4.69, 9.17) is 9.47 Å². The molecule has 2 aromatic carbocycles. The molecule has 0 unspecified atom stereocenters. The van der Waals surface area contributed by atoms with Crippen molar-refractivity contribution in [1.82, 2.24) is 4.31 Å². The fraction of sp³-hybridized carbons (Fsp3) is 0.278. The summed E-state index contributed by atoms with van der Waals surface area (Å²) in [6, 6.07) is 15.1. The summed E-state index contributed by atoms with van der Waals surface area (Å²) in [7, 11) is -4.02. The molecular weight excluding hydrogens is 370 g/mol. The van der Waals surface area contributed by atoms with Gasteiger partial charge in [-0.15, -0.1) is 0 Å². The Labute approximate surface area is 157 Å². The molecule has 2 heterocycles. The molecule has 2 aliphatic rings. The molecule has 1 fully saturated rings. The van der Waals surface area contributed by atoms with Crippen molar-refractivity contribution < 1.29 is 22.7 Å². The lowest BCUT2D eigenvalue weighted by atomic mass is 10.1. The number of anilines is 2. The lowest BCUT2D eigenvalue weighted by molar-refractivity contribution is 0.170. The number of cyclic esters (lactones) is 1. The largest absolute Gasteiger partial charge is 0.490 e. The van der Waals surface area contributed by atoms with Gasteiger partial charge in [0.05, 0.1) is 24.5 Å². The quantitative estimate of drug-likeness (QED) is 0.843. The molecule has 0 atom stereocenters. The molecule has 0 spiro atoms. The first-order chi connectivity index (χ1) is 13.0. The maximum Gasteiger partial charge on any atom is 0.425 e. The van der Waals surface area contributed by atoms with Crippen LogP contribution in [0.15, 0.2) is 48.5 Å². The first-order valence-electron chi connectivity index (χ1n) is 8.56. The summed E-state index contributed by atoms with van der Waals surface area (Å²) in [6.07, 6.45) is -0.866. The fourth-order valence-corrected chi connectivity index (χ4v) is 4.20. The van der Waals surface area contributed by atoms with Crippen LogP contribution in [0.5, 0.6) is 5.75 Å². The predicted octanol–water partition coefficient (Wildman–Crippen LogP) is 2.19. The Balaban J connectivity index is 1.58. The number of hydrogen-bond acceptors (Lipinski definition) is 6. The lowest BCUT2D eigenvalue weighted by Crippen LogP contribution is -2.36. The van der Waals surface area contributed by atoms with E-state index in [2.05, 4.69) is 9.62 Å². The zero-order valence-corrected chi connectivity index (χ0v) is 15.3. The molecule has 0 aliphatic carbocycles. The van der Waals surface area contributed by atoms with Gasteiger partial charge in [0.2, 0.25) is 0 Å². The Morgan fingerprint density at radius 2 is 1.78 bits per heavy atom. The van der Waals surface area contributed by atoms with Crippen molar-refractivity contribution in [2.75, 3.05) is 35.9 Å².